The van der Waals surface area contributed by atoms with Crippen LogP contribution in [0.4, 0.5) is 0 Å². The van der Waals surface area contributed by atoms with E-state index in [1.807, 2.05) is 0 Å². The van der Waals surface area contributed by atoms with Crippen LogP contribution in [-0.2, 0) is 11.2 Å². The smallest absolute Gasteiger partial charge is 0.311 e. The zero-order valence-electron chi connectivity index (χ0n) is 19.2. The van der Waals surface area contributed by atoms with Crippen molar-refractivity contribution in [2.75, 3.05) is 6.61 Å². The van der Waals surface area contributed by atoms with Gasteiger partial charge in [0, 0.05) is 13.0 Å². The minimum atomic E-state index is -0.304. The maximum absolute atomic E-state index is 12.0. The zero-order valence-corrected chi connectivity index (χ0v) is 19.2. The summed E-state index contributed by atoms with van der Waals surface area (Å²) in [4.78, 5) is 12.0. The van der Waals surface area contributed by atoms with Crippen molar-refractivity contribution in [3.63, 3.8) is 0 Å². The first-order chi connectivity index (χ1) is 14.7. The normalized spacial score (nSPS) is 11.0. The number of benzene rings is 1. The van der Waals surface area contributed by atoms with E-state index in [0.717, 1.165) is 18.4 Å². The van der Waals surface area contributed by atoms with Crippen molar-refractivity contribution in [1.82, 2.24) is 0 Å². The lowest BCUT2D eigenvalue weighted by molar-refractivity contribution is -0.134. The molecule has 4 nitrogen and oxygen atoms in total. The van der Waals surface area contributed by atoms with Crippen LogP contribution in [0, 0.1) is 0 Å². The van der Waals surface area contributed by atoms with E-state index in [1.54, 1.807) is 12.1 Å². The van der Waals surface area contributed by atoms with Crippen LogP contribution in [-0.4, -0.2) is 22.8 Å². The molecule has 0 unspecified atom stereocenters. The Morgan fingerprint density at radius 3 is 1.80 bits per heavy atom. The predicted molar refractivity (Wildman–Crippen MR) is 124 cm³/mol. The van der Waals surface area contributed by atoms with Gasteiger partial charge in [-0.1, -0.05) is 103 Å². The Hall–Kier alpha value is -1.55. The van der Waals surface area contributed by atoms with Crippen LogP contribution in [0.3, 0.4) is 0 Å². The number of aliphatic hydroxyl groups excluding tert-OH is 1. The van der Waals surface area contributed by atoms with Crippen molar-refractivity contribution in [2.24, 2.45) is 0 Å². The van der Waals surface area contributed by atoms with E-state index in [0.29, 0.717) is 12.8 Å². The van der Waals surface area contributed by atoms with E-state index in [-0.39, 0.29) is 24.1 Å². The van der Waals surface area contributed by atoms with Gasteiger partial charge in [-0.15, -0.1) is 0 Å². The molecule has 0 aromatic heterocycles. The molecule has 172 valence electrons. The molecule has 0 bridgehead atoms. The van der Waals surface area contributed by atoms with Gasteiger partial charge in [0.05, 0.1) is 0 Å². The van der Waals surface area contributed by atoms with Crippen LogP contribution in [0.15, 0.2) is 18.2 Å². The van der Waals surface area contributed by atoms with Gasteiger partial charge in [-0.3, -0.25) is 4.79 Å². The monoisotopic (exact) mass is 420 g/mol. The number of ether oxygens (including phenoxy) is 1. The summed E-state index contributed by atoms with van der Waals surface area (Å²) in [5, 5.41) is 18.8. The summed E-state index contributed by atoms with van der Waals surface area (Å²) in [6.07, 6.45) is 20.3. The van der Waals surface area contributed by atoms with Crippen molar-refractivity contribution < 1.29 is 19.7 Å². The first-order valence-electron chi connectivity index (χ1n) is 12.3. The molecule has 1 aromatic rings. The van der Waals surface area contributed by atoms with E-state index < -0.39 is 0 Å². The third-order valence-corrected chi connectivity index (χ3v) is 5.63. The molecule has 2 N–H and O–H groups in total. The number of hydrogen-bond acceptors (Lipinski definition) is 4. The van der Waals surface area contributed by atoms with Crippen LogP contribution in [0.1, 0.15) is 115 Å². The third kappa shape index (κ3) is 13.6. The molecular formula is C26H44O4. The molecule has 1 rings (SSSR count). The van der Waals surface area contributed by atoms with Gasteiger partial charge in [-0.2, -0.15) is 0 Å². The Bertz CT molecular complexity index is 556. The number of rotatable bonds is 19. The molecule has 0 spiro atoms. The molecular weight excluding hydrogens is 376 g/mol. The van der Waals surface area contributed by atoms with E-state index in [2.05, 4.69) is 6.92 Å². The maximum Gasteiger partial charge on any atom is 0.311 e. The minimum absolute atomic E-state index is 0.0251. The summed E-state index contributed by atoms with van der Waals surface area (Å²) in [5.74, 6) is -0.158. The van der Waals surface area contributed by atoms with E-state index in [9.17, 15) is 9.90 Å². The summed E-state index contributed by atoms with van der Waals surface area (Å²) in [7, 11) is 0. The molecule has 4 heteroatoms. The molecule has 0 radical (unpaired) electrons. The van der Waals surface area contributed by atoms with Crippen LogP contribution in [0.5, 0.6) is 11.5 Å². The fourth-order valence-corrected chi connectivity index (χ4v) is 3.74. The first kappa shape index (κ1) is 26.5. The highest BCUT2D eigenvalue weighted by Gasteiger charge is 2.10. The topological polar surface area (TPSA) is 66.8 Å². The highest BCUT2D eigenvalue weighted by molar-refractivity contribution is 5.73. The van der Waals surface area contributed by atoms with E-state index in [1.165, 1.54) is 89.5 Å². The number of unbranched alkanes of at least 4 members (excludes halogenated alkanes) is 14. The molecule has 0 atom stereocenters. The number of phenolic OH excluding ortho intramolecular Hbond substituents is 1. The Balaban J connectivity index is 1.94. The average molecular weight is 421 g/mol. The largest absolute Gasteiger partial charge is 0.504 e. The van der Waals surface area contributed by atoms with Crippen molar-refractivity contribution in [3.05, 3.63) is 23.8 Å². The zero-order chi connectivity index (χ0) is 21.9. The number of hydrogen-bond donors (Lipinski definition) is 2. The SMILES string of the molecule is CCCCCCCCCCCCCCCCCC(=O)Oc1cc(CCO)ccc1O. The predicted octanol–water partition coefficient (Wildman–Crippen LogP) is 7.09. The van der Waals surface area contributed by atoms with Crippen LogP contribution >= 0.6 is 0 Å². The van der Waals surface area contributed by atoms with Crippen LogP contribution in [0.2, 0.25) is 0 Å². The van der Waals surface area contributed by atoms with Gasteiger partial charge in [0.25, 0.3) is 0 Å². The summed E-state index contributed by atoms with van der Waals surface area (Å²) in [6, 6.07) is 4.84. The van der Waals surface area contributed by atoms with Gasteiger partial charge in [0.15, 0.2) is 11.5 Å². The summed E-state index contributed by atoms with van der Waals surface area (Å²) in [6.45, 7) is 2.29. The highest BCUT2D eigenvalue weighted by Crippen LogP contribution is 2.27. The Labute approximate surface area is 184 Å². The molecule has 0 fully saturated rings. The fraction of sp³-hybridized carbons (Fsp3) is 0.731. The molecule has 0 aliphatic heterocycles. The van der Waals surface area contributed by atoms with Crippen molar-refractivity contribution in [1.29, 1.82) is 0 Å². The van der Waals surface area contributed by atoms with E-state index in [4.69, 9.17) is 9.84 Å². The molecule has 1 aromatic carbocycles. The summed E-state index contributed by atoms with van der Waals surface area (Å²) >= 11 is 0. The van der Waals surface area contributed by atoms with Gasteiger partial charge >= 0.3 is 5.97 Å². The molecule has 0 saturated carbocycles. The lowest BCUT2D eigenvalue weighted by Gasteiger charge is -2.08. The number of carbonyl (C=O) groups excluding carboxylic acids is 1. The van der Waals surface area contributed by atoms with Gasteiger partial charge in [-0.25, -0.2) is 0 Å². The maximum atomic E-state index is 12.0. The molecule has 0 aliphatic rings. The lowest BCUT2D eigenvalue weighted by atomic mass is 10.0. The molecule has 0 heterocycles. The highest BCUT2D eigenvalue weighted by atomic mass is 16.5. The van der Waals surface area contributed by atoms with Gasteiger partial charge < -0.3 is 14.9 Å². The Kier molecular flexibility index (Phi) is 16.1. The number of phenols is 1. The average Bonchev–Trinajstić information content (AvgIpc) is 2.73. The minimum Gasteiger partial charge on any atom is -0.504 e. The van der Waals surface area contributed by atoms with Crippen molar-refractivity contribution in [2.45, 2.75) is 116 Å². The Morgan fingerprint density at radius 1 is 0.800 bits per heavy atom. The number of carbonyl (C=O) groups is 1. The second-order valence-corrected chi connectivity index (χ2v) is 8.45. The number of aromatic hydroxyl groups is 1. The van der Waals surface area contributed by atoms with Crippen molar-refractivity contribution in [3.8, 4) is 11.5 Å². The fourth-order valence-electron chi connectivity index (χ4n) is 3.74. The second-order valence-electron chi connectivity index (χ2n) is 8.45. The second kappa shape index (κ2) is 18.2. The van der Waals surface area contributed by atoms with Gasteiger partial charge in [0.2, 0.25) is 0 Å². The molecule has 0 saturated heterocycles. The number of aliphatic hydroxyl groups is 1. The van der Waals surface area contributed by atoms with Crippen LogP contribution < -0.4 is 4.74 Å². The molecule has 0 amide bonds. The lowest BCUT2D eigenvalue weighted by Crippen LogP contribution is -2.08. The third-order valence-electron chi connectivity index (χ3n) is 5.63. The summed E-state index contributed by atoms with van der Waals surface area (Å²) in [5.41, 5.74) is 0.838. The molecule has 0 aliphatic carbocycles. The summed E-state index contributed by atoms with van der Waals surface area (Å²) < 4.78 is 5.28. The molecule has 30 heavy (non-hydrogen) atoms. The van der Waals surface area contributed by atoms with Gasteiger partial charge in [0.1, 0.15) is 0 Å². The van der Waals surface area contributed by atoms with E-state index >= 15 is 0 Å². The Morgan fingerprint density at radius 2 is 1.30 bits per heavy atom. The van der Waals surface area contributed by atoms with Gasteiger partial charge in [-0.05, 0) is 30.5 Å². The van der Waals surface area contributed by atoms with Crippen LogP contribution in [0.25, 0.3) is 0 Å². The quantitative estimate of drug-likeness (QED) is 0.142. The van der Waals surface area contributed by atoms with Crippen molar-refractivity contribution >= 4 is 5.97 Å². The number of esters is 1. The standard InChI is InChI=1S/C26H44O4/c1-2-3-4-5-6-7-8-9-10-11-12-13-14-15-16-17-26(29)30-25-22-23(20-21-27)18-19-24(25)28/h18-19,22,27-28H,2-17,20-21H2,1H3. The first-order valence-corrected chi connectivity index (χ1v) is 12.3.